The number of carbonyl (C=O) groups is 4. The van der Waals surface area contributed by atoms with Crippen molar-refractivity contribution < 1.29 is 28.8 Å². The van der Waals surface area contributed by atoms with E-state index in [1.54, 1.807) is 12.1 Å². The van der Waals surface area contributed by atoms with E-state index in [1.807, 2.05) is 13.8 Å². The predicted octanol–water partition coefficient (Wildman–Crippen LogP) is 2.65. The number of nitrogens with zero attached hydrogens (tertiary/aromatic N) is 2. The third-order valence-electron chi connectivity index (χ3n) is 5.11. The van der Waals surface area contributed by atoms with E-state index >= 15 is 0 Å². The second-order valence-electron chi connectivity index (χ2n) is 7.70. The summed E-state index contributed by atoms with van der Waals surface area (Å²) in [4.78, 5) is 59.6. The fourth-order valence-corrected chi connectivity index (χ4v) is 3.68. The molecule has 1 aliphatic heterocycles. The molecule has 34 heavy (non-hydrogen) atoms. The summed E-state index contributed by atoms with van der Waals surface area (Å²) in [5, 5.41) is 14.7. The van der Waals surface area contributed by atoms with Gasteiger partial charge in [-0.3, -0.25) is 39.7 Å². The summed E-state index contributed by atoms with van der Waals surface area (Å²) >= 11 is 3.44. The van der Waals surface area contributed by atoms with Crippen molar-refractivity contribution in [3.05, 3.63) is 67.7 Å². The van der Waals surface area contributed by atoms with Gasteiger partial charge in [-0.25, -0.2) is 0 Å². The molecule has 0 unspecified atom stereocenters. The summed E-state index contributed by atoms with van der Waals surface area (Å²) in [5.41, 5.74) is 4.07. The van der Waals surface area contributed by atoms with Crippen LogP contribution in [0.5, 0.6) is 0 Å². The van der Waals surface area contributed by atoms with Gasteiger partial charge in [-0.2, -0.15) is 0 Å². The molecule has 1 fully saturated rings. The van der Waals surface area contributed by atoms with Gasteiger partial charge in [-0.15, -0.1) is 0 Å². The maximum atomic E-state index is 12.4. The van der Waals surface area contributed by atoms with Crippen molar-refractivity contribution >= 4 is 51.0 Å². The number of nitro benzene ring substituents is 1. The number of carbonyl (C=O) groups excluding carboxylic acids is 4. The molecule has 0 aliphatic carbocycles. The molecule has 0 saturated carbocycles. The molecule has 3 rings (SSSR count). The number of hydrogen-bond acceptors (Lipinski definition) is 7. The van der Waals surface area contributed by atoms with E-state index in [0.29, 0.717) is 5.69 Å². The van der Waals surface area contributed by atoms with Crippen LogP contribution in [0.15, 0.2) is 40.9 Å². The minimum Gasteiger partial charge on any atom is -0.455 e. The van der Waals surface area contributed by atoms with Crippen LogP contribution in [0.25, 0.3) is 0 Å². The fourth-order valence-electron chi connectivity index (χ4n) is 3.45. The molecule has 1 atom stereocenters. The predicted molar refractivity (Wildman–Crippen MR) is 124 cm³/mol. The first-order valence-electron chi connectivity index (χ1n) is 10.1. The van der Waals surface area contributed by atoms with Gasteiger partial charge in [0.05, 0.1) is 17.4 Å². The quantitative estimate of drug-likeness (QED) is 0.316. The summed E-state index contributed by atoms with van der Waals surface area (Å²) in [7, 11) is 0. The molecule has 12 heteroatoms. The Morgan fingerprint density at radius 3 is 2.50 bits per heavy atom. The van der Waals surface area contributed by atoms with E-state index in [9.17, 15) is 29.3 Å². The average molecular weight is 533 g/mol. The van der Waals surface area contributed by atoms with Gasteiger partial charge in [0.1, 0.15) is 5.56 Å². The van der Waals surface area contributed by atoms with E-state index < -0.39 is 46.8 Å². The van der Waals surface area contributed by atoms with Crippen LogP contribution in [0.4, 0.5) is 11.4 Å². The second-order valence-corrected chi connectivity index (χ2v) is 8.49. The molecule has 11 nitrogen and oxygen atoms in total. The summed E-state index contributed by atoms with van der Waals surface area (Å²) in [6.07, 6.45) is -0.233. The van der Waals surface area contributed by atoms with Crippen LogP contribution in [0.3, 0.4) is 0 Å². The number of rotatable bonds is 7. The normalized spacial score (nSPS) is 15.1. The van der Waals surface area contributed by atoms with Crippen molar-refractivity contribution in [2.45, 2.75) is 20.3 Å². The lowest BCUT2D eigenvalue weighted by atomic mass is 10.1. The smallest absolute Gasteiger partial charge is 0.311 e. The van der Waals surface area contributed by atoms with Crippen LogP contribution in [0, 0.1) is 29.9 Å². The molecule has 3 amide bonds. The number of amides is 3. The number of nitrogens with one attached hydrogen (secondary N) is 2. The van der Waals surface area contributed by atoms with Gasteiger partial charge in [0, 0.05) is 22.6 Å². The van der Waals surface area contributed by atoms with Crippen LogP contribution < -0.4 is 10.7 Å². The maximum Gasteiger partial charge on any atom is 0.311 e. The minimum absolute atomic E-state index is 0.184. The zero-order valence-electron chi connectivity index (χ0n) is 18.3. The first-order valence-corrected chi connectivity index (χ1v) is 10.9. The Balaban J connectivity index is 1.53. The summed E-state index contributed by atoms with van der Waals surface area (Å²) in [6, 6.07) is 8.83. The van der Waals surface area contributed by atoms with E-state index in [-0.39, 0.29) is 18.5 Å². The highest BCUT2D eigenvalue weighted by atomic mass is 79.9. The highest BCUT2D eigenvalue weighted by Gasteiger charge is 2.37. The van der Waals surface area contributed by atoms with Gasteiger partial charge in [0.2, 0.25) is 5.91 Å². The lowest BCUT2D eigenvalue weighted by Crippen LogP contribution is -2.43. The Hall–Kier alpha value is -3.80. The molecule has 2 aromatic rings. The number of hydrazine groups is 1. The van der Waals surface area contributed by atoms with Crippen molar-refractivity contribution in [3.8, 4) is 0 Å². The van der Waals surface area contributed by atoms with Crippen molar-refractivity contribution in [2.75, 3.05) is 18.5 Å². The number of esters is 1. The van der Waals surface area contributed by atoms with Gasteiger partial charge >= 0.3 is 5.97 Å². The highest BCUT2D eigenvalue weighted by Crippen LogP contribution is 2.25. The Kier molecular flexibility index (Phi) is 7.61. The van der Waals surface area contributed by atoms with Gasteiger partial charge in [0.15, 0.2) is 6.61 Å². The number of hydrogen-bond donors (Lipinski definition) is 2. The summed E-state index contributed by atoms with van der Waals surface area (Å²) in [5.74, 6) is -3.62. The van der Waals surface area contributed by atoms with Crippen LogP contribution in [0.1, 0.15) is 27.9 Å². The molecule has 2 N–H and O–H groups in total. The molecule has 0 aromatic heterocycles. The molecule has 1 saturated heterocycles. The topological polar surface area (TPSA) is 148 Å². The van der Waals surface area contributed by atoms with E-state index in [4.69, 9.17) is 4.74 Å². The number of para-hydroxylation sites is 1. The molecule has 178 valence electrons. The number of aryl methyl sites for hydroxylation is 2. The maximum absolute atomic E-state index is 12.4. The van der Waals surface area contributed by atoms with E-state index in [2.05, 4.69) is 26.7 Å². The highest BCUT2D eigenvalue weighted by molar-refractivity contribution is 9.10. The fraction of sp³-hybridized carbons (Fsp3) is 0.273. The van der Waals surface area contributed by atoms with Crippen LogP contribution in [0.2, 0.25) is 0 Å². The molecule has 0 bridgehead atoms. The van der Waals surface area contributed by atoms with E-state index in [0.717, 1.165) is 20.6 Å². The zero-order valence-corrected chi connectivity index (χ0v) is 19.9. The lowest BCUT2D eigenvalue weighted by Gasteiger charge is -2.17. The van der Waals surface area contributed by atoms with Crippen molar-refractivity contribution in [1.29, 1.82) is 0 Å². The number of nitro groups is 1. The standard InChI is InChI=1S/C22H21BrN4O7/c1-12-7-15(8-13(2)20(12)23)24-18(28)11-34-22(31)14-9-19(29)26(10-14)25-21(30)16-5-3-4-6-17(16)27(32)33/h3-8,14H,9-11H2,1-2H3,(H,24,28)(H,25,30)/t14-/m1/s1. The van der Waals surface area contributed by atoms with Crippen molar-refractivity contribution in [1.82, 2.24) is 10.4 Å². The van der Waals surface area contributed by atoms with Crippen molar-refractivity contribution in [3.63, 3.8) is 0 Å². The molecular formula is C22H21BrN4O7. The average Bonchev–Trinajstić information content (AvgIpc) is 3.15. The van der Waals surface area contributed by atoms with Gasteiger partial charge in [0.25, 0.3) is 17.5 Å². The number of halogens is 1. The molecule has 1 heterocycles. The third-order valence-corrected chi connectivity index (χ3v) is 6.36. The van der Waals surface area contributed by atoms with Crippen LogP contribution in [-0.2, 0) is 19.1 Å². The monoisotopic (exact) mass is 532 g/mol. The molecular weight excluding hydrogens is 512 g/mol. The Bertz CT molecular complexity index is 1160. The first kappa shape index (κ1) is 24.8. The third kappa shape index (κ3) is 5.76. The number of ether oxygens (including phenoxy) is 1. The number of anilines is 1. The Morgan fingerprint density at radius 2 is 1.85 bits per heavy atom. The Morgan fingerprint density at radius 1 is 1.21 bits per heavy atom. The Labute approximate surface area is 202 Å². The summed E-state index contributed by atoms with van der Waals surface area (Å²) < 4.78 is 5.97. The SMILES string of the molecule is Cc1cc(NC(=O)COC(=O)[C@@H]2CC(=O)N(NC(=O)c3ccccc3[N+](=O)[O-])C2)cc(C)c1Br. The minimum atomic E-state index is -0.900. The molecule has 1 aliphatic rings. The zero-order chi connectivity index (χ0) is 25.0. The summed E-state index contributed by atoms with van der Waals surface area (Å²) in [6.45, 7) is 3.03. The molecule has 0 radical (unpaired) electrons. The van der Waals surface area contributed by atoms with Crippen molar-refractivity contribution in [2.24, 2.45) is 5.92 Å². The van der Waals surface area contributed by atoms with Gasteiger partial charge in [-0.1, -0.05) is 28.1 Å². The molecule has 0 spiro atoms. The first-order chi connectivity index (χ1) is 16.1. The van der Waals surface area contributed by atoms with Crippen LogP contribution >= 0.6 is 15.9 Å². The molecule has 2 aromatic carbocycles. The van der Waals surface area contributed by atoms with Crippen LogP contribution in [-0.4, -0.2) is 46.8 Å². The van der Waals surface area contributed by atoms with Gasteiger partial charge < -0.3 is 10.1 Å². The van der Waals surface area contributed by atoms with Gasteiger partial charge in [-0.05, 0) is 43.2 Å². The second kappa shape index (κ2) is 10.4. The largest absolute Gasteiger partial charge is 0.455 e. The van der Waals surface area contributed by atoms with E-state index in [1.165, 1.54) is 24.3 Å². The number of benzene rings is 2. The lowest BCUT2D eigenvalue weighted by molar-refractivity contribution is -0.385.